The predicted molar refractivity (Wildman–Crippen MR) is 122 cm³/mol. The van der Waals surface area contributed by atoms with E-state index in [1.54, 1.807) is 6.20 Å². The summed E-state index contributed by atoms with van der Waals surface area (Å²) in [5.41, 5.74) is 2.18. The van der Waals surface area contributed by atoms with E-state index in [1.807, 2.05) is 42.5 Å². The third-order valence-corrected chi connectivity index (χ3v) is 6.58. The van der Waals surface area contributed by atoms with Gasteiger partial charge in [-0.3, -0.25) is 4.79 Å². The molecule has 7 nitrogen and oxygen atoms in total. The molecule has 166 valence electrons. The normalized spacial score (nSPS) is 16.7. The minimum absolute atomic E-state index is 0.142. The van der Waals surface area contributed by atoms with Gasteiger partial charge in [-0.05, 0) is 36.1 Å². The SMILES string of the molecule is O=c1c(Cl)c(NCC2(c3ccc4c(c3)OCO4)CCOCC2)cnn1Cc1ccccc1. The Hall–Kier alpha value is -3.03. The van der Waals surface area contributed by atoms with E-state index in [2.05, 4.69) is 16.5 Å². The smallest absolute Gasteiger partial charge is 0.287 e. The van der Waals surface area contributed by atoms with Crippen molar-refractivity contribution in [3.05, 3.63) is 81.2 Å². The maximum atomic E-state index is 12.8. The summed E-state index contributed by atoms with van der Waals surface area (Å²) >= 11 is 6.45. The first-order chi connectivity index (χ1) is 15.6. The Labute approximate surface area is 190 Å². The van der Waals surface area contributed by atoms with E-state index in [4.69, 9.17) is 25.8 Å². The van der Waals surface area contributed by atoms with E-state index in [1.165, 1.54) is 4.68 Å². The third-order valence-electron chi connectivity index (χ3n) is 6.21. The maximum absolute atomic E-state index is 12.8. The molecule has 1 aromatic heterocycles. The van der Waals surface area contributed by atoms with Crippen LogP contribution in [0.15, 0.2) is 59.5 Å². The lowest BCUT2D eigenvalue weighted by Crippen LogP contribution is -2.40. The number of rotatable bonds is 6. The fourth-order valence-electron chi connectivity index (χ4n) is 4.28. The van der Waals surface area contributed by atoms with Gasteiger partial charge in [0.2, 0.25) is 6.79 Å². The van der Waals surface area contributed by atoms with Crippen LogP contribution in [0.1, 0.15) is 24.0 Å². The van der Waals surface area contributed by atoms with Gasteiger partial charge in [-0.1, -0.05) is 48.0 Å². The van der Waals surface area contributed by atoms with Gasteiger partial charge in [-0.15, -0.1) is 0 Å². The fourth-order valence-corrected chi connectivity index (χ4v) is 4.49. The number of fused-ring (bicyclic) bond motifs is 1. The van der Waals surface area contributed by atoms with Gasteiger partial charge in [0, 0.05) is 25.2 Å². The molecule has 0 unspecified atom stereocenters. The van der Waals surface area contributed by atoms with E-state index in [9.17, 15) is 4.79 Å². The molecule has 32 heavy (non-hydrogen) atoms. The van der Waals surface area contributed by atoms with Crippen LogP contribution in [0.25, 0.3) is 0 Å². The Kier molecular flexibility index (Phi) is 5.76. The quantitative estimate of drug-likeness (QED) is 0.611. The number of anilines is 1. The maximum Gasteiger partial charge on any atom is 0.287 e. The minimum atomic E-state index is -0.315. The zero-order valence-corrected chi connectivity index (χ0v) is 18.3. The molecule has 2 aromatic carbocycles. The Bertz CT molecular complexity index is 1160. The number of nitrogens with one attached hydrogen (secondary N) is 1. The molecule has 0 saturated carbocycles. The lowest BCUT2D eigenvalue weighted by Gasteiger charge is -2.38. The summed E-state index contributed by atoms with van der Waals surface area (Å²) in [5, 5.41) is 7.87. The van der Waals surface area contributed by atoms with Crippen molar-refractivity contribution in [2.24, 2.45) is 0 Å². The number of benzene rings is 2. The summed E-state index contributed by atoms with van der Waals surface area (Å²) in [5.74, 6) is 1.52. The van der Waals surface area contributed by atoms with Crippen LogP contribution in [0.3, 0.4) is 0 Å². The summed E-state index contributed by atoms with van der Waals surface area (Å²) in [6, 6.07) is 15.8. The van der Waals surface area contributed by atoms with E-state index in [-0.39, 0.29) is 22.8 Å². The van der Waals surface area contributed by atoms with Crippen LogP contribution in [-0.4, -0.2) is 36.3 Å². The largest absolute Gasteiger partial charge is 0.454 e. The molecule has 0 amide bonds. The number of halogens is 1. The van der Waals surface area contributed by atoms with Crippen molar-refractivity contribution in [2.75, 3.05) is 31.9 Å². The number of aromatic nitrogens is 2. The molecule has 8 heteroatoms. The molecule has 0 bridgehead atoms. The zero-order chi connectivity index (χ0) is 22.0. The fraction of sp³-hybridized carbons (Fsp3) is 0.333. The van der Waals surface area contributed by atoms with Crippen LogP contribution in [0.4, 0.5) is 5.69 Å². The molecule has 3 aromatic rings. The summed E-state index contributed by atoms with van der Waals surface area (Å²) in [6.07, 6.45) is 3.31. The topological polar surface area (TPSA) is 74.6 Å². The summed E-state index contributed by atoms with van der Waals surface area (Å²) < 4.78 is 18.1. The second-order valence-corrected chi connectivity index (χ2v) is 8.51. The first-order valence-corrected chi connectivity index (χ1v) is 11.0. The first-order valence-electron chi connectivity index (χ1n) is 10.7. The van der Waals surface area contributed by atoms with Crippen molar-refractivity contribution >= 4 is 17.3 Å². The molecule has 5 rings (SSSR count). The van der Waals surface area contributed by atoms with Crippen LogP contribution >= 0.6 is 11.6 Å². The van der Waals surface area contributed by atoms with E-state index in [0.29, 0.717) is 32.0 Å². The molecule has 0 aliphatic carbocycles. The highest BCUT2D eigenvalue weighted by Gasteiger charge is 2.36. The Balaban J connectivity index is 1.38. The molecular weight excluding hydrogens is 430 g/mol. The second kappa shape index (κ2) is 8.84. The first kappa shape index (κ1) is 20.8. The average molecular weight is 454 g/mol. The van der Waals surface area contributed by atoms with Crippen molar-refractivity contribution in [3.8, 4) is 11.5 Å². The number of ether oxygens (including phenoxy) is 3. The van der Waals surface area contributed by atoms with Gasteiger partial charge in [0.25, 0.3) is 5.56 Å². The molecule has 3 heterocycles. The van der Waals surface area contributed by atoms with Crippen LogP contribution in [0, 0.1) is 0 Å². The molecular formula is C24H24ClN3O4. The van der Waals surface area contributed by atoms with Gasteiger partial charge in [0.1, 0.15) is 5.02 Å². The molecule has 0 spiro atoms. The van der Waals surface area contributed by atoms with Gasteiger partial charge in [-0.2, -0.15) is 5.10 Å². The summed E-state index contributed by atoms with van der Waals surface area (Å²) in [6.45, 7) is 2.55. The molecule has 0 radical (unpaired) electrons. The molecule has 2 aliphatic heterocycles. The second-order valence-electron chi connectivity index (χ2n) is 8.13. The van der Waals surface area contributed by atoms with Crippen molar-refractivity contribution in [1.82, 2.24) is 9.78 Å². The highest BCUT2D eigenvalue weighted by molar-refractivity contribution is 6.32. The van der Waals surface area contributed by atoms with Gasteiger partial charge in [0.15, 0.2) is 11.5 Å². The van der Waals surface area contributed by atoms with Gasteiger partial charge >= 0.3 is 0 Å². The summed E-state index contributed by atoms with van der Waals surface area (Å²) in [4.78, 5) is 12.8. The summed E-state index contributed by atoms with van der Waals surface area (Å²) in [7, 11) is 0. The lowest BCUT2D eigenvalue weighted by molar-refractivity contribution is 0.0543. The zero-order valence-electron chi connectivity index (χ0n) is 17.6. The minimum Gasteiger partial charge on any atom is -0.454 e. The van der Waals surface area contributed by atoms with Gasteiger partial charge in [0.05, 0.1) is 18.4 Å². The van der Waals surface area contributed by atoms with Crippen LogP contribution < -0.4 is 20.3 Å². The Morgan fingerprint density at radius 3 is 2.66 bits per heavy atom. The van der Waals surface area contributed by atoms with E-state index < -0.39 is 0 Å². The molecule has 2 aliphatic rings. The number of hydrogen-bond acceptors (Lipinski definition) is 6. The molecule has 1 fully saturated rings. The lowest BCUT2D eigenvalue weighted by atomic mass is 9.74. The monoisotopic (exact) mass is 453 g/mol. The standard InChI is InChI=1S/C24H24ClN3O4/c25-22-19(13-27-28(23(22)29)14-17-4-2-1-3-5-17)26-15-24(8-10-30-11-9-24)18-6-7-20-21(12-18)32-16-31-20/h1-7,12-13,26H,8-11,14-16H2. The molecule has 1 N–H and O–H groups in total. The Morgan fingerprint density at radius 1 is 1.06 bits per heavy atom. The van der Waals surface area contributed by atoms with Crippen LogP contribution in [0.2, 0.25) is 5.02 Å². The predicted octanol–water partition coefficient (Wildman–Crippen LogP) is 3.83. The third kappa shape index (κ3) is 4.06. The van der Waals surface area contributed by atoms with Crippen molar-refractivity contribution < 1.29 is 14.2 Å². The van der Waals surface area contributed by atoms with Gasteiger partial charge in [-0.25, -0.2) is 4.68 Å². The average Bonchev–Trinajstić information content (AvgIpc) is 3.31. The van der Waals surface area contributed by atoms with Crippen molar-refractivity contribution in [3.63, 3.8) is 0 Å². The van der Waals surface area contributed by atoms with Crippen LogP contribution in [-0.2, 0) is 16.7 Å². The van der Waals surface area contributed by atoms with E-state index in [0.717, 1.165) is 35.5 Å². The molecule has 0 atom stereocenters. The van der Waals surface area contributed by atoms with Crippen molar-refractivity contribution in [2.45, 2.75) is 24.8 Å². The number of hydrogen-bond donors (Lipinski definition) is 1. The van der Waals surface area contributed by atoms with Crippen LogP contribution in [0.5, 0.6) is 11.5 Å². The van der Waals surface area contributed by atoms with E-state index >= 15 is 0 Å². The highest BCUT2D eigenvalue weighted by Crippen LogP contribution is 2.41. The van der Waals surface area contributed by atoms with Crippen molar-refractivity contribution in [1.29, 1.82) is 0 Å². The number of nitrogens with zero attached hydrogens (tertiary/aromatic N) is 2. The highest BCUT2D eigenvalue weighted by atomic mass is 35.5. The van der Waals surface area contributed by atoms with Gasteiger partial charge < -0.3 is 19.5 Å². The molecule has 1 saturated heterocycles. The Morgan fingerprint density at radius 2 is 1.84 bits per heavy atom.